The molecule has 0 bridgehead atoms. The Morgan fingerprint density at radius 2 is 1.16 bits per heavy atom. The number of allylic oxidation sites excluding steroid dienone is 1. The third-order valence-corrected chi connectivity index (χ3v) is 11.3. The molecule has 43 heavy (non-hydrogen) atoms. The minimum absolute atomic E-state index is 0.158. The molecule has 4 heteroatoms. The number of carbonyl (C=O) groups is 2. The van der Waals surface area contributed by atoms with Gasteiger partial charge in [-0.25, -0.2) is 0 Å². The van der Waals surface area contributed by atoms with Gasteiger partial charge in [0.2, 0.25) is 0 Å². The van der Waals surface area contributed by atoms with E-state index in [-0.39, 0.29) is 31.6 Å². The molecular formula is C39H23NO2Se. The van der Waals surface area contributed by atoms with Crippen LogP contribution < -0.4 is 0 Å². The molecule has 7 aromatic rings. The Labute approximate surface area is 254 Å². The monoisotopic (exact) mass is 617 g/mol. The molecule has 0 spiro atoms. The van der Waals surface area contributed by atoms with E-state index in [0.29, 0.717) is 11.1 Å². The number of benzene rings is 5. The number of para-hydroxylation sites is 2. The molecule has 0 unspecified atom stereocenters. The van der Waals surface area contributed by atoms with Crippen LogP contribution in [0.15, 0.2) is 139 Å². The van der Waals surface area contributed by atoms with Gasteiger partial charge in [-0.2, -0.15) is 0 Å². The van der Waals surface area contributed by atoms with E-state index in [1.54, 1.807) is 12.1 Å². The maximum absolute atomic E-state index is 13.4. The van der Waals surface area contributed by atoms with E-state index >= 15 is 0 Å². The third-order valence-electron chi connectivity index (χ3n) is 9.04. The summed E-state index contributed by atoms with van der Waals surface area (Å²) in [7, 11) is 0. The fraction of sp³-hybridized carbons (Fsp3) is 0.0256. The summed E-state index contributed by atoms with van der Waals surface area (Å²) in [5.74, 6) is -0.367. The van der Waals surface area contributed by atoms with Crippen LogP contribution in [0.3, 0.4) is 0 Å². The zero-order valence-corrected chi connectivity index (χ0v) is 24.7. The van der Waals surface area contributed by atoms with Crippen LogP contribution in [0.25, 0.3) is 32.4 Å². The molecule has 3 nitrogen and oxygen atoms in total. The summed E-state index contributed by atoms with van der Waals surface area (Å²) in [4.78, 5) is 26.8. The van der Waals surface area contributed by atoms with Gasteiger partial charge in [0.25, 0.3) is 0 Å². The van der Waals surface area contributed by atoms with Gasteiger partial charge in [-0.15, -0.1) is 0 Å². The van der Waals surface area contributed by atoms with Gasteiger partial charge in [-0.05, 0) is 0 Å². The molecule has 9 rings (SSSR count). The SMILES string of the molecule is O=C1C(=Cc2cc3c([se]2)-n2c4ccccc4c4cccc(c42)C3(c2ccccc2)c2ccccc2)C(=O)c2ccccc21. The van der Waals surface area contributed by atoms with Crippen molar-refractivity contribution in [2.75, 3.05) is 0 Å². The Kier molecular flexibility index (Phi) is 5.14. The van der Waals surface area contributed by atoms with E-state index in [1.165, 1.54) is 48.6 Å². The Morgan fingerprint density at radius 3 is 1.84 bits per heavy atom. The Morgan fingerprint density at radius 1 is 0.581 bits per heavy atom. The van der Waals surface area contributed by atoms with Crippen LogP contribution in [0.4, 0.5) is 0 Å². The summed E-state index contributed by atoms with van der Waals surface area (Å²) in [6, 6.07) is 46.2. The number of Topliss-reactive ketones (excluding diaryl/α,β-unsaturated/α-hetero) is 2. The first-order valence-corrected chi connectivity index (χ1v) is 16.1. The fourth-order valence-corrected chi connectivity index (χ4v) is 9.77. The number of hydrogen-bond acceptors (Lipinski definition) is 2. The second kappa shape index (κ2) is 8.99. The van der Waals surface area contributed by atoms with Crippen LogP contribution >= 0.6 is 0 Å². The first kappa shape index (κ1) is 24.6. The first-order valence-electron chi connectivity index (χ1n) is 14.4. The van der Waals surface area contributed by atoms with Gasteiger partial charge < -0.3 is 0 Å². The number of aromatic nitrogens is 1. The molecule has 2 aromatic heterocycles. The second-order valence-electron chi connectivity index (χ2n) is 11.2. The molecular weight excluding hydrogens is 593 g/mol. The van der Waals surface area contributed by atoms with E-state index in [9.17, 15) is 9.59 Å². The van der Waals surface area contributed by atoms with Crippen LogP contribution in [-0.2, 0) is 5.41 Å². The van der Waals surface area contributed by atoms with Crippen molar-refractivity contribution in [3.05, 3.63) is 177 Å². The van der Waals surface area contributed by atoms with Crippen molar-refractivity contribution in [3.63, 3.8) is 0 Å². The average Bonchev–Trinajstić information content (AvgIpc) is 3.71. The quantitative estimate of drug-likeness (QED) is 0.115. The second-order valence-corrected chi connectivity index (χ2v) is 13.4. The molecule has 0 atom stereocenters. The summed E-state index contributed by atoms with van der Waals surface area (Å²) < 4.78 is 4.72. The van der Waals surface area contributed by atoms with Crippen LogP contribution in [0.1, 0.15) is 47.4 Å². The van der Waals surface area contributed by atoms with Gasteiger partial charge in [0.1, 0.15) is 0 Å². The van der Waals surface area contributed by atoms with E-state index in [4.69, 9.17) is 0 Å². The standard InChI is InChI=1S/C39H23NO2Se/c41-36-29-17-7-8-18-30(29)37(42)31(36)22-26-23-33-38(43-26)40-34-21-10-9-16-27(34)28-19-11-20-32(35(28)40)39(33,24-12-3-1-4-13-24)25-14-5-2-6-15-25/h1-23H. The Hall–Kier alpha value is -5.02. The van der Waals surface area contributed by atoms with Crippen molar-refractivity contribution >= 4 is 54.0 Å². The van der Waals surface area contributed by atoms with Crippen LogP contribution in [-0.4, -0.2) is 30.6 Å². The van der Waals surface area contributed by atoms with Crippen molar-refractivity contribution in [3.8, 4) is 4.56 Å². The molecule has 0 fully saturated rings. The maximum atomic E-state index is 13.4. The fourth-order valence-electron chi connectivity index (χ4n) is 7.29. The normalized spacial score (nSPS) is 14.7. The molecule has 0 N–H and O–H groups in total. The zero-order valence-electron chi connectivity index (χ0n) is 23.0. The number of carbonyl (C=O) groups excluding carboxylic acids is 2. The van der Waals surface area contributed by atoms with E-state index < -0.39 is 5.41 Å². The van der Waals surface area contributed by atoms with Crippen LogP contribution in [0.2, 0.25) is 0 Å². The van der Waals surface area contributed by atoms with Crippen molar-refractivity contribution in [1.82, 2.24) is 4.57 Å². The summed E-state index contributed by atoms with van der Waals surface area (Å²) in [6.45, 7) is 0. The van der Waals surface area contributed by atoms with Gasteiger partial charge in [0.15, 0.2) is 0 Å². The van der Waals surface area contributed by atoms with Crippen molar-refractivity contribution < 1.29 is 9.59 Å². The molecule has 2 aliphatic rings. The zero-order chi connectivity index (χ0) is 28.7. The third kappa shape index (κ3) is 3.20. The predicted molar refractivity (Wildman–Crippen MR) is 173 cm³/mol. The van der Waals surface area contributed by atoms with Gasteiger partial charge in [0, 0.05) is 0 Å². The molecule has 1 aliphatic carbocycles. The van der Waals surface area contributed by atoms with E-state index in [2.05, 4.69) is 114 Å². The molecule has 0 saturated carbocycles. The Bertz CT molecular complexity index is 2250. The summed E-state index contributed by atoms with van der Waals surface area (Å²) in [5, 5.41) is 2.46. The summed E-state index contributed by atoms with van der Waals surface area (Å²) in [5.41, 5.74) is 7.91. The molecule has 1 aliphatic heterocycles. The molecule has 0 saturated heterocycles. The molecule has 5 aromatic carbocycles. The van der Waals surface area contributed by atoms with E-state index in [0.717, 1.165) is 4.44 Å². The predicted octanol–water partition coefficient (Wildman–Crippen LogP) is 8.00. The molecule has 3 heterocycles. The number of hydrogen-bond donors (Lipinski definition) is 0. The topological polar surface area (TPSA) is 39.1 Å². The first-order chi connectivity index (χ1) is 21.2. The molecule has 0 radical (unpaired) electrons. The number of fused-ring (bicyclic) bond motifs is 6. The average molecular weight is 617 g/mol. The Balaban J connectivity index is 1.42. The van der Waals surface area contributed by atoms with Gasteiger partial charge in [0.05, 0.1) is 0 Å². The summed E-state index contributed by atoms with van der Waals surface area (Å²) >= 11 is -0.158. The molecule has 0 amide bonds. The number of nitrogens with zero attached hydrogens (tertiary/aromatic N) is 1. The van der Waals surface area contributed by atoms with Crippen LogP contribution in [0.5, 0.6) is 0 Å². The number of ketones is 2. The van der Waals surface area contributed by atoms with Crippen LogP contribution in [0, 0.1) is 0 Å². The minimum atomic E-state index is -0.573. The van der Waals surface area contributed by atoms with Gasteiger partial charge in [-0.3, -0.25) is 0 Å². The molecule has 202 valence electrons. The van der Waals surface area contributed by atoms with Crippen molar-refractivity contribution in [2.45, 2.75) is 5.41 Å². The van der Waals surface area contributed by atoms with Crippen molar-refractivity contribution in [1.29, 1.82) is 0 Å². The number of rotatable bonds is 3. The van der Waals surface area contributed by atoms with Crippen molar-refractivity contribution in [2.24, 2.45) is 0 Å². The van der Waals surface area contributed by atoms with Gasteiger partial charge in [-0.1, -0.05) is 0 Å². The van der Waals surface area contributed by atoms with E-state index in [1.807, 2.05) is 18.2 Å². The van der Waals surface area contributed by atoms with Gasteiger partial charge >= 0.3 is 255 Å². The summed E-state index contributed by atoms with van der Waals surface area (Å²) in [6.07, 6.45) is 1.87.